The number of hydrogen-bond donors (Lipinski definition) is 0. The molecule has 40 valence electrons. The fourth-order valence-corrected chi connectivity index (χ4v) is 5.68. The molecule has 0 radical (unpaired) electrons. The molecule has 3 heterocycles. The van der Waals surface area contributed by atoms with Crippen LogP contribution in [0, 0.1) is 0 Å². The summed E-state index contributed by atoms with van der Waals surface area (Å²) in [5.74, 6) is 0. The van der Waals surface area contributed by atoms with E-state index in [2.05, 4.69) is 24.7 Å². The van der Waals surface area contributed by atoms with Gasteiger partial charge in [0.25, 0.3) is 0 Å². The maximum absolute atomic E-state index is 10.2. The van der Waals surface area contributed by atoms with Crippen LogP contribution >= 0.6 is 14.5 Å². The Hall–Kier alpha value is 0.760. The molecular weight excluding hydrogens is 158 g/mol. The van der Waals surface area contributed by atoms with E-state index in [1.807, 2.05) is 0 Å². The first kappa shape index (κ1) is 4.62. The summed E-state index contributed by atoms with van der Waals surface area (Å²) in [7, 11) is -2.94. The molecule has 0 unspecified atom stereocenters. The fourth-order valence-electron chi connectivity index (χ4n) is 0.386. The van der Waals surface area contributed by atoms with Crippen LogP contribution in [0.5, 0.6) is 0 Å². The number of rotatable bonds is 0. The monoisotopic (exact) mass is 158 g/mol. The average molecular weight is 158 g/mol. The number of hydrogen-bond acceptors (Lipinski definition) is 5. The Morgan fingerprint density at radius 2 is 1.71 bits per heavy atom. The van der Waals surface area contributed by atoms with Gasteiger partial charge >= 0.3 is 14.5 Å². The Bertz CT molecular complexity index is 152. The van der Waals surface area contributed by atoms with Crippen molar-refractivity contribution in [3.05, 3.63) is 0 Å². The van der Waals surface area contributed by atoms with Crippen LogP contribution < -0.4 is 0 Å². The Morgan fingerprint density at radius 1 is 1.29 bits per heavy atom. The first-order valence-electron chi connectivity index (χ1n) is 1.46. The van der Waals surface area contributed by atoms with Gasteiger partial charge in [-0.2, -0.15) is 0 Å². The van der Waals surface area contributed by atoms with Crippen molar-refractivity contribution in [2.45, 2.75) is 0 Å². The zero-order chi connectivity index (χ0) is 5.12. The van der Waals surface area contributed by atoms with Gasteiger partial charge in [-0.05, 0) is 11.8 Å². The van der Waals surface area contributed by atoms with Crippen molar-refractivity contribution in [1.29, 1.82) is 0 Å². The molecule has 3 rings (SSSR count). The summed E-state index contributed by atoms with van der Waals surface area (Å²) in [5.41, 5.74) is 0. The third kappa shape index (κ3) is 0.435. The highest BCUT2D eigenvalue weighted by Gasteiger charge is 2.69. The molecule has 4 nitrogen and oxygen atoms in total. The first-order valence-corrected chi connectivity index (χ1v) is 5.48. The summed E-state index contributed by atoms with van der Waals surface area (Å²) in [5, 5.41) is 0. The zero-order valence-corrected chi connectivity index (χ0v) is 5.54. The van der Waals surface area contributed by atoms with Crippen LogP contribution in [0.25, 0.3) is 0 Å². The van der Waals surface area contributed by atoms with E-state index in [0.717, 1.165) is 0 Å². The van der Waals surface area contributed by atoms with Crippen LogP contribution in [-0.2, 0) is 29.3 Å². The van der Waals surface area contributed by atoms with Crippen LogP contribution in [0.4, 0.5) is 0 Å². The summed E-state index contributed by atoms with van der Waals surface area (Å²) in [6.07, 6.45) is 0. The van der Waals surface area contributed by atoms with E-state index in [0.29, 0.717) is 0 Å². The minimum absolute atomic E-state index is 2.32. The van der Waals surface area contributed by atoms with Crippen molar-refractivity contribution in [3.63, 3.8) is 0 Å². The van der Waals surface area contributed by atoms with Gasteiger partial charge in [0.1, 0.15) is 0 Å². The van der Waals surface area contributed by atoms with Crippen LogP contribution in [0.3, 0.4) is 0 Å². The van der Waals surface area contributed by atoms with Gasteiger partial charge in [-0.3, -0.25) is 0 Å². The molecule has 0 N–H and O–H groups in total. The molecule has 0 amide bonds. The molecule has 0 saturated carbocycles. The van der Waals surface area contributed by atoms with E-state index in [4.69, 9.17) is 0 Å². The molecule has 0 aromatic rings. The Labute approximate surface area is 44.6 Å². The van der Waals surface area contributed by atoms with Crippen molar-refractivity contribution in [2.75, 3.05) is 0 Å². The molecule has 0 spiro atoms. The van der Waals surface area contributed by atoms with Crippen LogP contribution in [0.2, 0.25) is 0 Å². The summed E-state index contributed by atoms with van der Waals surface area (Å²) >= 11 is 4.48. The molecule has 3 fully saturated rings. The van der Waals surface area contributed by atoms with Gasteiger partial charge in [0, 0.05) is 0 Å². The van der Waals surface area contributed by atoms with E-state index < -0.39 is 14.5 Å². The average Bonchev–Trinajstić information content (AvgIpc) is 1.27. The van der Waals surface area contributed by atoms with Gasteiger partial charge in [-0.15, -0.1) is 0 Å². The quantitative estimate of drug-likeness (QED) is 0.498. The van der Waals surface area contributed by atoms with Crippen LogP contribution in [0.1, 0.15) is 0 Å². The van der Waals surface area contributed by atoms with E-state index in [1.54, 1.807) is 0 Å². The lowest BCUT2D eigenvalue weighted by atomic mass is 15.6. The van der Waals surface area contributed by atoms with Gasteiger partial charge in [0.15, 0.2) is 0 Å². The lowest BCUT2D eigenvalue weighted by Gasteiger charge is -2.45. The third-order valence-corrected chi connectivity index (χ3v) is 7.20. The molecule has 0 aliphatic carbocycles. The lowest BCUT2D eigenvalue weighted by Crippen LogP contribution is -2.19. The van der Waals surface area contributed by atoms with E-state index in [-0.39, 0.29) is 0 Å². The first-order chi connectivity index (χ1) is 3.12. The smallest absolute Gasteiger partial charge is 0.227 e. The second-order valence-electron chi connectivity index (χ2n) is 1.14. The van der Waals surface area contributed by atoms with E-state index >= 15 is 0 Å². The number of phosphoric acid groups is 1. The fraction of sp³-hybridized carbons (Fsp3) is 0. The second kappa shape index (κ2) is 0.903. The van der Waals surface area contributed by atoms with Crippen molar-refractivity contribution < 1.29 is 17.5 Å². The molecular formula is O4P2S. The standard InChI is InChI=1S/O4P2S/c1-5-2-6(7,3-5)4-5. The van der Waals surface area contributed by atoms with Crippen molar-refractivity contribution in [1.82, 2.24) is 0 Å². The predicted molar refractivity (Wildman–Crippen MR) is 25.1 cm³/mol. The molecule has 7 heavy (non-hydrogen) atoms. The predicted octanol–water partition coefficient (Wildman–Crippen LogP) is 1.40. The van der Waals surface area contributed by atoms with Gasteiger partial charge in [-0.1, -0.05) is 0 Å². The van der Waals surface area contributed by atoms with Crippen molar-refractivity contribution in [2.24, 2.45) is 0 Å². The molecule has 3 aliphatic rings. The third-order valence-electron chi connectivity index (χ3n) is 0.600. The van der Waals surface area contributed by atoms with E-state index in [9.17, 15) is 4.57 Å². The topological polar surface area (TPSA) is 44.8 Å². The summed E-state index contributed by atoms with van der Waals surface area (Å²) in [6.45, 7) is -2.32. The molecule has 0 aromatic carbocycles. The van der Waals surface area contributed by atoms with Crippen LogP contribution in [0.15, 0.2) is 0 Å². The Kier molecular flexibility index (Phi) is 0.596. The van der Waals surface area contributed by atoms with Gasteiger partial charge in [-0.25, -0.2) is 17.5 Å². The van der Waals surface area contributed by atoms with Gasteiger partial charge in [0.2, 0.25) is 0 Å². The summed E-state index contributed by atoms with van der Waals surface area (Å²) in [6, 6.07) is 0. The highest BCUT2D eigenvalue weighted by molar-refractivity contribution is 8.19. The Balaban J connectivity index is 2.47. The second-order valence-corrected chi connectivity index (χ2v) is 6.23. The largest absolute Gasteiger partial charge is 0.496 e. The normalized spacial score (nSPS) is 65.7. The molecule has 2 bridgehead atoms. The molecule has 3 aliphatic heterocycles. The van der Waals surface area contributed by atoms with E-state index in [1.165, 1.54) is 0 Å². The molecule has 7 heteroatoms. The minimum Gasteiger partial charge on any atom is -0.227 e. The molecule has 3 saturated heterocycles. The maximum Gasteiger partial charge on any atom is 0.496 e. The SMILES string of the molecule is O=P12OP(=S)(O1)O2. The Morgan fingerprint density at radius 3 is 1.71 bits per heavy atom. The molecule has 0 aromatic heterocycles. The summed E-state index contributed by atoms with van der Waals surface area (Å²) < 4.78 is 23.6. The van der Waals surface area contributed by atoms with Gasteiger partial charge in [0.05, 0.1) is 0 Å². The maximum atomic E-state index is 10.2. The lowest BCUT2D eigenvalue weighted by molar-refractivity contribution is 0.132. The summed E-state index contributed by atoms with van der Waals surface area (Å²) in [4.78, 5) is 0. The minimum atomic E-state index is -2.94. The highest BCUT2D eigenvalue weighted by atomic mass is 32.5. The zero-order valence-electron chi connectivity index (χ0n) is 2.94. The van der Waals surface area contributed by atoms with Crippen LogP contribution in [-0.4, -0.2) is 0 Å². The van der Waals surface area contributed by atoms with Gasteiger partial charge < -0.3 is 0 Å². The highest BCUT2D eigenvalue weighted by Crippen LogP contribution is 2.99. The van der Waals surface area contributed by atoms with Crippen molar-refractivity contribution >= 4 is 26.3 Å². The molecule has 0 atom stereocenters. The van der Waals surface area contributed by atoms with Crippen molar-refractivity contribution in [3.8, 4) is 0 Å².